The third kappa shape index (κ3) is 3.09. The molecule has 2 fully saturated rings. The number of fused-ring (bicyclic) bond motifs is 1. The number of hydrogen-bond acceptors (Lipinski definition) is 4. The van der Waals surface area contributed by atoms with E-state index in [2.05, 4.69) is 10.3 Å². The molecule has 2 aliphatic rings. The van der Waals surface area contributed by atoms with E-state index < -0.39 is 15.4 Å². The van der Waals surface area contributed by atoms with Gasteiger partial charge in [-0.3, -0.25) is 4.79 Å². The predicted octanol–water partition coefficient (Wildman–Crippen LogP) is 0.984. The molecule has 2 heterocycles. The molecule has 0 bridgehead atoms. The topological polar surface area (TPSA) is 84.3 Å². The first kappa shape index (κ1) is 17.4. The summed E-state index contributed by atoms with van der Waals surface area (Å²) >= 11 is 0. The van der Waals surface area contributed by atoms with Crippen molar-refractivity contribution in [1.82, 2.24) is 19.2 Å². The average molecular weight is 354 g/mol. The van der Waals surface area contributed by atoms with E-state index in [1.165, 1.54) is 0 Å². The third-order valence-corrected chi connectivity index (χ3v) is 7.43. The lowest BCUT2D eigenvalue weighted by molar-refractivity contribution is -0.137. The molecule has 0 aromatic carbocycles. The minimum atomic E-state index is -3.23. The van der Waals surface area contributed by atoms with E-state index in [0.717, 1.165) is 25.7 Å². The van der Waals surface area contributed by atoms with Gasteiger partial charge in [0.25, 0.3) is 0 Å². The van der Waals surface area contributed by atoms with Crippen molar-refractivity contribution in [3.63, 3.8) is 0 Å². The first-order chi connectivity index (χ1) is 11.5. The van der Waals surface area contributed by atoms with Crippen molar-refractivity contribution in [3.05, 3.63) is 18.7 Å². The second-order valence-corrected chi connectivity index (χ2v) is 8.78. The molecule has 0 unspecified atom stereocenters. The van der Waals surface area contributed by atoms with E-state index in [9.17, 15) is 13.2 Å². The van der Waals surface area contributed by atoms with E-state index in [-0.39, 0.29) is 17.7 Å². The number of carbonyl (C=O) groups excluding carboxylic acids is 1. The summed E-state index contributed by atoms with van der Waals surface area (Å²) in [6, 6.07) is -0.191. The van der Waals surface area contributed by atoms with Crippen molar-refractivity contribution in [2.24, 2.45) is 5.41 Å². The van der Waals surface area contributed by atoms with Crippen molar-refractivity contribution in [3.8, 4) is 0 Å². The normalized spacial score (nSPS) is 29.8. The fourth-order valence-corrected chi connectivity index (χ4v) is 6.19. The van der Waals surface area contributed by atoms with Gasteiger partial charge in [-0.1, -0.05) is 19.8 Å². The van der Waals surface area contributed by atoms with Crippen molar-refractivity contribution in [2.45, 2.75) is 51.6 Å². The molecule has 1 aliphatic carbocycles. The Morgan fingerprint density at radius 1 is 1.38 bits per heavy atom. The van der Waals surface area contributed by atoms with Gasteiger partial charge in [0.05, 0.1) is 17.5 Å². The number of amides is 1. The SMILES string of the molecule is CCN1[C@@H]2CCCC[C@@]2(C(=O)NCCn2ccnc2)CCS1(=O)=O. The van der Waals surface area contributed by atoms with E-state index in [0.29, 0.717) is 26.1 Å². The highest BCUT2D eigenvalue weighted by atomic mass is 32.2. The third-order valence-electron chi connectivity index (χ3n) is 5.48. The largest absolute Gasteiger partial charge is 0.354 e. The van der Waals surface area contributed by atoms with Gasteiger partial charge in [-0.2, -0.15) is 4.31 Å². The van der Waals surface area contributed by atoms with Gasteiger partial charge in [0.2, 0.25) is 15.9 Å². The van der Waals surface area contributed by atoms with Gasteiger partial charge in [-0.25, -0.2) is 13.4 Å². The Morgan fingerprint density at radius 3 is 2.92 bits per heavy atom. The number of imidazole rings is 1. The van der Waals surface area contributed by atoms with Crippen LogP contribution in [0, 0.1) is 5.41 Å². The minimum Gasteiger partial charge on any atom is -0.354 e. The van der Waals surface area contributed by atoms with Crippen LogP contribution in [0.4, 0.5) is 0 Å². The number of aromatic nitrogens is 2. The van der Waals surface area contributed by atoms with Gasteiger partial charge in [0.1, 0.15) is 0 Å². The summed E-state index contributed by atoms with van der Waals surface area (Å²) in [6.45, 7) is 3.50. The Bertz CT molecular complexity index is 674. The number of nitrogens with zero attached hydrogens (tertiary/aromatic N) is 3. The minimum absolute atomic E-state index is 0.0145. The highest BCUT2D eigenvalue weighted by molar-refractivity contribution is 7.89. The molecule has 24 heavy (non-hydrogen) atoms. The number of hydrogen-bond donors (Lipinski definition) is 1. The summed E-state index contributed by atoms with van der Waals surface area (Å²) in [7, 11) is -3.23. The van der Waals surface area contributed by atoms with Crippen LogP contribution in [-0.4, -0.2) is 53.1 Å². The van der Waals surface area contributed by atoms with Crippen LogP contribution in [0.15, 0.2) is 18.7 Å². The maximum absolute atomic E-state index is 13.0. The van der Waals surface area contributed by atoms with E-state index >= 15 is 0 Å². The number of carbonyl (C=O) groups is 1. The van der Waals surface area contributed by atoms with Crippen molar-refractivity contribution >= 4 is 15.9 Å². The molecule has 134 valence electrons. The van der Waals surface area contributed by atoms with Crippen LogP contribution in [0.25, 0.3) is 0 Å². The van der Waals surface area contributed by atoms with Crippen molar-refractivity contribution < 1.29 is 13.2 Å². The smallest absolute Gasteiger partial charge is 0.227 e. The first-order valence-corrected chi connectivity index (χ1v) is 10.3. The lowest BCUT2D eigenvalue weighted by Gasteiger charge is -2.50. The van der Waals surface area contributed by atoms with Crippen molar-refractivity contribution in [2.75, 3.05) is 18.8 Å². The highest BCUT2D eigenvalue weighted by Crippen LogP contribution is 2.46. The Kier molecular flexibility index (Phi) is 4.96. The highest BCUT2D eigenvalue weighted by Gasteiger charge is 2.54. The number of rotatable bonds is 5. The fourth-order valence-electron chi connectivity index (χ4n) is 4.24. The summed E-state index contributed by atoms with van der Waals surface area (Å²) < 4.78 is 28.3. The van der Waals surface area contributed by atoms with Gasteiger partial charge in [-0.05, 0) is 19.3 Å². The van der Waals surface area contributed by atoms with E-state index in [1.54, 1.807) is 16.8 Å². The first-order valence-electron chi connectivity index (χ1n) is 8.73. The monoisotopic (exact) mass is 354 g/mol. The zero-order chi connectivity index (χ0) is 17.2. The lowest BCUT2D eigenvalue weighted by atomic mass is 9.67. The molecule has 1 aromatic rings. The van der Waals surface area contributed by atoms with Crippen LogP contribution in [0.2, 0.25) is 0 Å². The van der Waals surface area contributed by atoms with Crippen LogP contribution in [-0.2, 0) is 21.4 Å². The molecule has 7 nitrogen and oxygen atoms in total. The second kappa shape index (κ2) is 6.84. The molecule has 1 saturated carbocycles. The van der Waals surface area contributed by atoms with Crippen LogP contribution >= 0.6 is 0 Å². The molecule has 2 atom stereocenters. The summed E-state index contributed by atoms with van der Waals surface area (Å²) in [5, 5.41) is 3.04. The van der Waals surface area contributed by atoms with Crippen LogP contribution < -0.4 is 5.32 Å². The molecular formula is C16H26N4O3S. The average Bonchev–Trinajstić information content (AvgIpc) is 3.07. The maximum Gasteiger partial charge on any atom is 0.227 e. The molecule has 3 rings (SSSR count). The summed E-state index contributed by atoms with van der Waals surface area (Å²) in [5.41, 5.74) is -0.561. The van der Waals surface area contributed by atoms with Crippen LogP contribution in [0.1, 0.15) is 39.0 Å². The Hall–Kier alpha value is -1.41. The van der Waals surface area contributed by atoms with Gasteiger partial charge in [0, 0.05) is 38.1 Å². The van der Waals surface area contributed by atoms with Gasteiger partial charge in [-0.15, -0.1) is 0 Å². The van der Waals surface area contributed by atoms with Gasteiger partial charge >= 0.3 is 0 Å². The molecule has 1 N–H and O–H groups in total. The molecular weight excluding hydrogens is 328 g/mol. The summed E-state index contributed by atoms with van der Waals surface area (Å²) in [4.78, 5) is 17.0. The van der Waals surface area contributed by atoms with Gasteiger partial charge < -0.3 is 9.88 Å². The van der Waals surface area contributed by atoms with E-state index in [4.69, 9.17) is 0 Å². The zero-order valence-electron chi connectivity index (χ0n) is 14.1. The molecule has 0 spiro atoms. The Balaban J connectivity index is 1.73. The summed E-state index contributed by atoms with van der Waals surface area (Å²) in [6.07, 6.45) is 9.27. The predicted molar refractivity (Wildman–Crippen MR) is 90.7 cm³/mol. The number of nitrogens with one attached hydrogen (secondary N) is 1. The summed E-state index contributed by atoms with van der Waals surface area (Å²) in [5.74, 6) is 0.0902. The molecule has 1 saturated heterocycles. The molecule has 1 aromatic heterocycles. The maximum atomic E-state index is 13.0. The molecule has 8 heteroatoms. The fraction of sp³-hybridized carbons (Fsp3) is 0.750. The zero-order valence-corrected chi connectivity index (χ0v) is 15.0. The van der Waals surface area contributed by atoms with E-state index in [1.807, 2.05) is 17.7 Å². The number of sulfonamides is 1. The standard InChI is InChI=1S/C16H26N4O3S/c1-2-20-14-5-3-4-6-16(14,7-12-24(20,22)23)15(21)18-9-11-19-10-8-17-13-19/h8,10,13-14H,2-7,9,11-12H2,1H3,(H,18,21)/t14-,16-/m1/s1. The quantitative estimate of drug-likeness (QED) is 0.854. The molecule has 1 aliphatic heterocycles. The lowest BCUT2D eigenvalue weighted by Crippen LogP contribution is -2.62. The van der Waals surface area contributed by atoms with Crippen LogP contribution in [0.3, 0.4) is 0 Å². The van der Waals surface area contributed by atoms with Crippen molar-refractivity contribution in [1.29, 1.82) is 0 Å². The van der Waals surface area contributed by atoms with Gasteiger partial charge in [0.15, 0.2) is 0 Å². The Morgan fingerprint density at radius 2 is 2.21 bits per heavy atom. The van der Waals surface area contributed by atoms with Crippen LogP contribution in [0.5, 0.6) is 0 Å². The molecule has 0 radical (unpaired) electrons. The second-order valence-electron chi connectivity index (χ2n) is 6.74. The molecule has 1 amide bonds. The Labute approximate surface area is 143 Å².